The minimum Gasteiger partial charge on any atom is -0.308 e. The molecule has 3 nitrogen and oxygen atoms in total. The Balaban J connectivity index is 3.63. The lowest BCUT2D eigenvalue weighted by atomic mass is 10.3. The molecule has 0 bridgehead atoms. The smallest absolute Gasteiger partial charge is 0.308 e. The first-order valence-electron chi connectivity index (χ1n) is 4.59. The van der Waals surface area contributed by atoms with Crippen LogP contribution >= 0.6 is 31.5 Å². The normalized spacial score (nSPS) is 17.7. The summed E-state index contributed by atoms with van der Waals surface area (Å²) < 4.78 is 21.5. The Kier molecular flexibility index (Phi) is 9.46. The van der Waals surface area contributed by atoms with Crippen LogP contribution in [-0.4, -0.2) is 24.0 Å². The van der Waals surface area contributed by atoms with E-state index in [9.17, 15) is 4.57 Å². The van der Waals surface area contributed by atoms with Crippen molar-refractivity contribution in [1.29, 1.82) is 0 Å². The van der Waals surface area contributed by atoms with E-state index in [4.69, 9.17) is 32.2 Å². The lowest BCUT2D eigenvalue weighted by molar-refractivity contribution is 0.142. The van der Waals surface area contributed by atoms with Crippen molar-refractivity contribution in [1.82, 2.24) is 0 Å². The quantitative estimate of drug-likeness (QED) is 0.497. The minimum atomic E-state index is -2.40. The van der Waals surface area contributed by atoms with E-state index in [2.05, 4.69) is 0 Å². The van der Waals surface area contributed by atoms with Crippen LogP contribution in [0.3, 0.4) is 0 Å². The maximum Gasteiger partial charge on any atom is 0.319 e. The van der Waals surface area contributed by atoms with E-state index in [1.165, 1.54) is 0 Å². The highest BCUT2D eigenvalue weighted by atomic mass is 35.5. The lowest BCUT2D eigenvalue weighted by Gasteiger charge is -2.14. The van der Waals surface area contributed by atoms with Crippen molar-refractivity contribution in [2.45, 2.75) is 38.9 Å². The third-order valence-electron chi connectivity index (χ3n) is 1.63. The summed E-state index contributed by atoms with van der Waals surface area (Å²) in [6.45, 7) is 3.64. The first-order chi connectivity index (χ1) is 6.60. The molecule has 0 aliphatic rings. The van der Waals surface area contributed by atoms with Crippen LogP contribution < -0.4 is 0 Å². The van der Waals surface area contributed by atoms with Crippen molar-refractivity contribution in [3.8, 4) is 0 Å². The summed E-state index contributed by atoms with van der Waals surface area (Å²) in [5.41, 5.74) is 0. The number of hydrogen-bond donors (Lipinski definition) is 0. The Morgan fingerprint density at radius 1 is 1.07 bits per heavy atom. The van der Waals surface area contributed by atoms with Crippen LogP contribution in [0.5, 0.6) is 0 Å². The summed E-state index contributed by atoms with van der Waals surface area (Å²) in [4.78, 5) is 0. The molecule has 2 atom stereocenters. The highest BCUT2D eigenvalue weighted by Crippen LogP contribution is 2.29. The minimum absolute atomic E-state index is 0.123. The first kappa shape index (κ1) is 14.7. The fourth-order valence-electron chi connectivity index (χ4n) is 0.781. The Morgan fingerprint density at radius 2 is 1.43 bits per heavy atom. The second-order valence-corrected chi connectivity index (χ2v) is 4.79. The molecule has 86 valence electrons. The molecule has 0 aromatic rings. The molecule has 0 saturated carbocycles. The van der Waals surface area contributed by atoms with Crippen LogP contribution in [0, 0.1) is 0 Å². The van der Waals surface area contributed by atoms with Gasteiger partial charge in [-0.2, -0.15) is 0 Å². The van der Waals surface area contributed by atoms with Gasteiger partial charge >= 0.3 is 8.25 Å². The molecule has 0 rings (SSSR count). The fourth-order valence-corrected chi connectivity index (χ4v) is 2.34. The lowest BCUT2D eigenvalue weighted by Crippen LogP contribution is -2.08. The zero-order valence-corrected chi connectivity index (χ0v) is 11.0. The molecule has 0 heterocycles. The van der Waals surface area contributed by atoms with Crippen LogP contribution in [0.15, 0.2) is 0 Å². The maximum absolute atomic E-state index is 11.3. The molecular formula is C8H17Cl2O3P. The van der Waals surface area contributed by atoms with E-state index in [0.29, 0.717) is 24.6 Å². The molecule has 0 spiro atoms. The van der Waals surface area contributed by atoms with E-state index >= 15 is 0 Å². The predicted octanol–water partition coefficient (Wildman–Crippen LogP) is 3.44. The molecule has 2 unspecified atom stereocenters. The SMILES string of the molecule is CC(CCCl)O[PH](=O)OC(C)CCCl. The third kappa shape index (κ3) is 8.07. The van der Waals surface area contributed by atoms with Crippen molar-refractivity contribution in [2.75, 3.05) is 11.8 Å². The van der Waals surface area contributed by atoms with Gasteiger partial charge < -0.3 is 9.05 Å². The summed E-state index contributed by atoms with van der Waals surface area (Å²) in [5, 5.41) is 0. The molecule has 0 saturated heterocycles. The summed E-state index contributed by atoms with van der Waals surface area (Å²) in [5.74, 6) is 0.987. The summed E-state index contributed by atoms with van der Waals surface area (Å²) in [6.07, 6.45) is 1.10. The van der Waals surface area contributed by atoms with Gasteiger partial charge in [-0.3, -0.25) is 4.57 Å². The fraction of sp³-hybridized carbons (Fsp3) is 1.00. The van der Waals surface area contributed by atoms with Gasteiger partial charge in [0.25, 0.3) is 0 Å². The van der Waals surface area contributed by atoms with Crippen molar-refractivity contribution in [3.05, 3.63) is 0 Å². The van der Waals surface area contributed by atoms with Crippen molar-refractivity contribution in [3.63, 3.8) is 0 Å². The van der Waals surface area contributed by atoms with Crippen molar-refractivity contribution >= 4 is 31.5 Å². The molecule has 0 fully saturated rings. The van der Waals surface area contributed by atoms with Crippen LogP contribution in [0.4, 0.5) is 0 Å². The van der Waals surface area contributed by atoms with Gasteiger partial charge in [0, 0.05) is 11.8 Å². The Bertz CT molecular complexity index is 153. The van der Waals surface area contributed by atoms with Gasteiger partial charge in [-0.25, -0.2) is 0 Å². The number of alkyl halides is 2. The molecule has 0 aliphatic carbocycles. The predicted molar refractivity (Wildman–Crippen MR) is 60.8 cm³/mol. The molecule has 14 heavy (non-hydrogen) atoms. The molecular weight excluding hydrogens is 246 g/mol. The Morgan fingerprint density at radius 3 is 1.71 bits per heavy atom. The van der Waals surface area contributed by atoms with Crippen molar-refractivity contribution in [2.24, 2.45) is 0 Å². The highest BCUT2D eigenvalue weighted by molar-refractivity contribution is 7.33. The van der Waals surface area contributed by atoms with Gasteiger partial charge in [0.2, 0.25) is 0 Å². The topological polar surface area (TPSA) is 35.5 Å². The second kappa shape index (κ2) is 8.99. The van der Waals surface area contributed by atoms with Crippen molar-refractivity contribution < 1.29 is 13.6 Å². The molecule has 0 aromatic heterocycles. The third-order valence-corrected chi connectivity index (χ3v) is 3.25. The van der Waals surface area contributed by atoms with E-state index in [1.54, 1.807) is 0 Å². The van der Waals surface area contributed by atoms with Crippen LogP contribution in [-0.2, 0) is 13.6 Å². The van der Waals surface area contributed by atoms with E-state index in [1.807, 2.05) is 13.8 Å². The van der Waals surface area contributed by atoms with Crippen LogP contribution in [0.1, 0.15) is 26.7 Å². The van der Waals surface area contributed by atoms with Gasteiger partial charge in [-0.05, 0) is 26.7 Å². The van der Waals surface area contributed by atoms with Crippen LogP contribution in [0.2, 0.25) is 0 Å². The molecule has 0 N–H and O–H groups in total. The van der Waals surface area contributed by atoms with Crippen LogP contribution in [0.25, 0.3) is 0 Å². The van der Waals surface area contributed by atoms with Gasteiger partial charge in [-0.15, -0.1) is 23.2 Å². The number of hydrogen-bond acceptors (Lipinski definition) is 3. The molecule has 0 amide bonds. The molecule has 0 radical (unpaired) electrons. The van der Waals surface area contributed by atoms with E-state index in [0.717, 1.165) is 0 Å². The largest absolute Gasteiger partial charge is 0.319 e. The van der Waals surface area contributed by atoms with E-state index < -0.39 is 8.25 Å². The molecule has 0 aliphatic heterocycles. The Labute approximate surface area is 96.0 Å². The van der Waals surface area contributed by atoms with Gasteiger partial charge in [0.1, 0.15) is 0 Å². The first-order valence-corrected chi connectivity index (χ1v) is 6.88. The molecule has 6 heteroatoms. The molecule has 0 aromatic carbocycles. The van der Waals surface area contributed by atoms with Gasteiger partial charge in [0.05, 0.1) is 12.2 Å². The number of halogens is 2. The number of rotatable bonds is 8. The monoisotopic (exact) mass is 262 g/mol. The zero-order chi connectivity index (χ0) is 11.0. The Hall–Kier alpha value is 0.730. The summed E-state index contributed by atoms with van der Waals surface area (Å²) in [6, 6.07) is 0. The average molecular weight is 263 g/mol. The average Bonchev–Trinajstić information content (AvgIpc) is 2.03. The summed E-state index contributed by atoms with van der Waals surface area (Å²) >= 11 is 11.0. The van der Waals surface area contributed by atoms with E-state index in [-0.39, 0.29) is 12.2 Å². The summed E-state index contributed by atoms with van der Waals surface area (Å²) in [7, 11) is -2.40. The maximum atomic E-state index is 11.3. The highest BCUT2D eigenvalue weighted by Gasteiger charge is 2.10. The van der Waals surface area contributed by atoms with Gasteiger partial charge in [-0.1, -0.05) is 0 Å². The zero-order valence-electron chi connectivity index (χ0n) is 8.46. The second-order valence-electron chi connectivity index (χ2n) is 3.06. The van der Waals surface area contributed by atoms with Gasteiger partial charge in [0.15, 0.2) is 0 Å². The standard InChI is InChI=1S/C8H17Cl2O3P/c1-7(3-5-9)12-14(11)13-8(2)4-6-10/h7-8,14H,3-6H2,1-2H3.